The third-order valence-corrected chi connectivity index (χ3v) is 5.16. The Balaban J connectivity index is 1.90. The van der Waals surface area contributed by atoms with Crippen LogP contribution in [0.3, 0.4) is 0 Å². The summed E-state index contributed by atoms with van der Waals surface area (Å²) in [5.41, 5.74) is 0.746. The first-order valence-corrected chi connectivity index (χ1v) is 8.24. The number of methoxy groups -OCH3 is 1. The fourth-order valence-electron chi connectivity index (χ4n) is 2.53. The Morgan fingerprint density at radius 2 is 2.00 bits per heavy atom. The second-order valence-corrected chi connectivity index (χ2v) is 6.87. The zero-order chi connectivity index (χ0) is 14.4. The molecule has 0 saturated heterocycles. The molecular weight excluding hydrogens is 270 g/mol. The minimum absolute atomic E-state index is 0.0250. The smallest absolute Gasteiger partial charge is 0.237 e. The van der Waals surface area contributed by atoms with Gasteiger partial charge in [-0.25, -0.2) is 0 Å². The van der Waals surface area contributed by atoms with Gasteiger partial charge in [0, 0.05) is 5.25 Å². The highest BCUT2D eigenvalue weighted by Gasteiger charge is 2.21. The van der Waals surface area contributed by atoms with Gasteiger partial charge >= 0.3 is 0 Å². The Morgan fingerprint density at radius 1 is 1.30 bits per heavy atom. The molecule has 1 unspecified atom stereocenters. The average Bonchev–Trinajstić information content (AvgIpc) is 2.48. The van der Waals surface area contributed by atoms with Crippen molar-refractivity contribution in [2.45, 2.75) is 49.5 Å². The molecule has 3 nitrogen and oxygen atoms in total. The van der Waals surface area contributed by atoms with Crippen molar-refractivity contribution < 1.29 is 9.53 Å². The molecule has 1 amide bonds. The monoisotopic (exact) mass is 293 g/mol. The summed E-state index contributed by atoms with van der Waals surface area (Å²) in [5, 5.41) is 3.58. The molecule has 1 aromatic carbocycles. The number of hydrogen-bond donors (Lipinski definition) is 1. The van der Waals surface area contributed by atoms with Crippen LogP contribution in [0.4, 0.5) is 5.69 Å². The maximum atomic E-state index is 12.3. The SMILES string of the molecule is COc1ccccc1NC(=O)C(C)SC1CCCCC1. The Bertz CT molecular complexity index is 444. The van der Waals surface area contributed by atoms with Crippen LogP contribution in [-0.2, 0) is 4.79 Å². The first kappa shape index (κ1) is 15.2. The highest BCUT2D eigenvalue weighted by Crippen LogP contribution is 2.32. The van der Waals surface area contributed by atoms with Crippen molar-refractivity contribution in [1.82, 2.24) is 0 Å². The van der Waals surface area contributed by atoms with E-state index in [1.165, 1.54) is 32.1 Å². The first-order chi connectivity index (χ1) is 9.70. The van der Waals surface area contributed by atoms with Gasteiger partial charge in [0.25, 0.3) is 0 Å². The summed E-state index contributed by atoms with van der Waals surface area (Å²) in [5.74, 6) is 0.765. The summed E-state index contributed by atoms with van der Waals surface area (Å²) in [4.78, 5) is 12.3. The molecule has 0 radical (unpaired) electrons. The predicted octanol–water partition coefficient (Wildman–Crippen LogP) is 4.09. The van der Waals surface area contributed by atoms with Gasteiger partial charge in [0.2, 0.25) is 5.91 Å². The minimum atomic E-state index is -0.0250. The standard InChI is InChI=1S/C16H23NO2S/c1-12(20-13-8-4-3-5-9-13)16(18)17-14-10-6-7-11-15(14)19-2/h6-7,10-13H,3-5,8-9H2,1-2H3,(H,17,18). The first-order valence-electron chi connectivity index (χ1n) is 7.30. The third kappa shape index (κ3) is 4.17. The lowest BCUT2D eigenvalue weighted by atomic mass is 10.0. The van der Waals surface area contributed by atoms with E-state index in [1.54, 1.807) is 7.11 Å². The summed E-state index contributed by atoms with van der Waals surface area (Å²) < 4.78 is 5.25. The number of thioether (sulfide) groups is 1. The van der Waals surface area contributed by atoms with Gasteiger partial charge in [0.05, 0.1) is 18.0 Å². The van der Waals surface area contributed by atoms with Crippen LogP contribution in [0.5, 0.6) is 5.75 Å². The molecular formula is C16H23NO2S. The molecule has 2 rings (SSSR count). The molecule has 1 N–H and O–H groups in total. The molecule has 4 heteroatoms. The summed E-state index contributed by atoms with van der Waals surface area (Å²) >= 11 is 1.81. The number of carbonyl (C=O) groups is 1. The van der Waals surface area contributed by atoms with Gasteiger partial charge in [-0.1, -0.05) is 31.4 Å². The molecule has 1 aromatic rings. The normalized spacial score (nSPS) is 17.5. The van der Waals surface area contributed by atoms with E-state index in [1.807, 2.05) is 43.0 Å². The molecule has 0 spiro atoms. The molecule has 1 aliphatic carbocycles. The Morgan fingerprint density at radius 3 is 2.70 bits per heavy atom. The molecule has 0 aliphatic heterocycles. The van der Waals surface area contributed by atoms with Crippen molar-refractivity contribution in [3.8, 4) is 5.75 Å². The Hall–Kier alpha value is -1.16. The fourth-order valence-corrected chi connectivity index (χ4v) is 3.90. The van der Waals surface area contributed by atoms with Crippen LogP contribution in [-0.4, -0.2) is 23.5 Å². The van der Waals surface area contributed by atoms with Crippen LogP contribution in [0.25, 0.3) is 0 Å². The van der Waals surface area contributed by atoms with Crippen LogP contribution in [0.15, 0.2) is 24.3 Å². The number of ether oxygens (including phenoxy) is 1. The van der Waals surface area contributed by atoms with Crippen molar-refractivity contribution in [2.75, 3.05) is 12.4 Å². The van der Waals surface area contributed by atoms with Crippen LogP contribution in [0.2, 0.25) is 0 Å². The van der Waals surface area contributed by atoms with Gasteiger partial charge in [-0.05, 0) is 31.9 Å². The van der Waals surface area contributed by atoms with Crippen LogP contribution in [0.1, 0.15) is 39.0 Å². The Labute approximate surface area is 125 Å². The predicted molar refractivity (Wildman–Crippen MR) is 85.5 cm³/mol. The van der Waals surface area contributed by atoms with Gasteiger partial charge < -0.3 is 10.1 Å². The van der Waals surface area contributed by atoms with Crippen LogP contribution >= 0.6 is 11.8 Å². The molecule has 1 aliphatic rings. The summed E-state index contributed by atoms with van der Waals surface area (Å²) in [6.45, 7) is 1.99. The maximum Gasteiger partial charge on any atom is 0.237 e. The molecule has 110 valence electrons. The van der Waals surface area contributed by atoms with E-state index in [4.69, 9.17) is 4.74 Å². The van der Waals surface area contributed by atoms with E-state index in [-0.39, 0.29) is 11.2 Å². The van der Waals surface area contributed by atoms with Crippen LogP contribution in [0, 0.1) is 0 Å². The summed E-state index contributed by atoms with van der Waals surface area (Å²) in [7, 11) is 1.62. The van der Waals surface area contributed by atoms with E-state index in [0.717, 1.165) is 5.69 Å². The van der Waals surface area contributed by atoms with E-state index >= 15 is 0 Å². The van der Waals surface area contributed by atoms with E-state index < -0.39 is 0 Å². The second kappa shape index (κ2) is 7.58. The van der Waals surface area contributed by atoms with Gasteiger partial charge in [0.15, 0.2) is 0 Å². The van der Waals surface area contributed by atoms with Gasteiger partial charge in [-0.15, -0.1) is 11.8 Å². The van der Waals surface area contributed by atoms with Crippen LogP contribution < -0.4 is 10.1 Å². The molecule has 1 atom stereocenters. The third-order valence-electron chi connectivity index (χ3n) is 3.68. The number of anilines is 1. The topological polar surface area (TPSA) is 38.3 Å². The lowest BCUT2D eigenvalue weighted by molar-refractivity contribution is -0.115. The average molecular weight is 293 g/mol. The van der Waals surface area contributed by atoms with E-state index in [2.05, 4.69) is 5.32 Å². The lowest BCUT2D eigenvalue weighted by Gasteiger charge is -2.24. The van der Waals surface area contributed by atoms with Crippen molar-refractivity contribution >= 4 is 23.4 Å². The number of hydrogen-bond acceptors (Lipinski definition) is 3. The van der Waals surface area contributed by atoms with Crippen molar-refractivity contribution in [1.29, 1.82) is 0 Å². The highest BCUT2D eigenvalue weighted by molar-refractivity contribution is 8.01. The number of rotatable bonds is 5. The summed E-state index contributed by atoms with van der Waals surface area (Å²) in [6, 6.07) is 7.52. The molecule has 0 heterocycles. The van der Waals surface area contributed by atoms with Gasteiger partial charge in [-0.2, -0.15) is 0 Å². The van der Waals surface area contributed by atoms with Crippen molar-refractivity contribution in [3.63, 3.8) is 0 Å². The summed E-state index contributed by atoms with van der Waals surface area (Å²) in [6.07, 6.45) is 6.45. The molecule has 0 bridgehead atoms. The van der Waals surface area contributed by atoms with E-state index in [0.29, 0.717) is 11.0 Å². The second-order valence-electron chi connectivity index (χ2n) is 5.23. The molecule has 0 aromatic heterocycles. The number of amides is 1. The fraction of sp³-hybridized carbons (Fsp3) is 0.562. The highest BCUT2D eigenvalue weighted by atomic mass is 32.2. The quantitative estimate of drug-likeness (QED) is 0.888. The lowest BCUT2D eigenvalue weighted by Crippen LogP contribution is -2.25. The largest absolute Gasteiger partial charge is 0.495 e. The number of benzene rings is 1. The number of carbonyl (C=O) groups excluding carboxylic acids is 1. The molecule has 1 saturated carbocycles. The maximum absolute atomic E-state index is 12.3. The van der Waals surface area contributed by atoms with Gasteiger partial charge in [-0.3, -0.25) is 4.79 Å². The number of para-hydroxylation sites is 2. The van der Waals surface area contributed by atoms with Gasteiger partial charge in [0.1, 0.15) is 5.75 Å². The zero-order valence-electron chi connectivity index (χ0n) is 12.2. The molecule has 1 fully saturated rings. The number of nitrogens with one attached hydrogen (secondary N) is 1. The Kier molecular flexibility index (Phi) is 5.77. The van der Waals surface area contributed by atoms with Crippen molar-refractivity contribution in [2.24, 2.45) is 0 Å². The minimum Gasteiger partial charge on any atom is -0.495 e. The zero-order valence-corrected chi connectivity index (χ0v) is 13.0. The molecule has 20 heavy (non-hydrogen) atoms. The van der Waals surface area contributed by atoms with Crippen molar-refractivity contribution in [3.05, 3.63) is 24.3 Å². The van der Waals surface area contributed by atoms with E-state index in [9.17, 15) is 4.79 Å².